The van der Waals surface area contributed by atoms with Crippen molar-refractivity contribution in [3.8, 4) is 11.1 Å². The van der Waals surface area contributed by atoms with Crippen LogP contribution in [0.25, 0.3) is 22.1 Å². The summed E-state index contributed by atoms with van der Waals surface area (Å²) in [6, 6.07) is 18.2. The van der Waals surface area contributed by atoms with Crippen LogP contribution in [0.4, 0.5) is 10.1 Å². The largest absolute Gasteiger partial charge is 0.451 e. The van der Waals surface area contributed by atoms with Gasteiger partial charge in [0.2, 0.25) is 0 Å². The minimum absolute atomic E-state index is 0.0151. The van der Waals surface area contributed by atoms with Gasteiger partial charge >= 0.3 is 0 Å². The van der Waals surface area contributed by atoms with Crippen LogP contribution in [0.3, 0.4) is 0 Å². The first-order valence-electron chi connectivity index (χ1n) is 11.0. The highest BCUT2D eigenvalue weighted by Gasteiger charge is 2.16. The van der Waals surface area contributed by atoms with Crippen LogP contribution in [0.2, 0.25) is 0 Å². The third kappa shape index (κ3) is 5.00. The Morgan fingerprint density at radius 1 is 0.971 bits per heavy atom. The van der Waals surface area contributed by atoms with E-state index in [9.17, 15) is 19.1 Å². The Kier molecular flexibility index (Phi) is 6.75. The standard InChI is InChI=1S/C27H25FN2O4/c1-16(2)14-29-26(32)18-8-6-17(7-9-18)19-10-11-23(22(28)12-19)30-27(33)24-13-20-4-3-5-21(15-31)25(20)34-24/h3-13,16,31H,14-15H2,1-2H3,(H,29,32)(H,30,33). The average molecular weight is 461 g/mol. The fraction of sp³-hybridized carbons (Fsp3) is 0.185. The van der Waals surface area contributed by atoms with Crippen LogP contribution in [0.15, 0.2) is 71.1 Å². The highest BCUT2D eigenvalue weighted by molar-refractivity contribution is 6.05. The maximum absolute atomic E-state index is 14.8. The van der Waals surface area contributed by atoms with Gasteiger partial charge in [-0.25, -0.2) is 4.39 Å². The van der Waals surface area contributed by atoms with Crippen LogP contribution in [-0.4, -0.2) is 23.5 Å². The average Bonchev–Trinajstić information content (AvgIpc) is 3.28. The number of carbonyl (C=O) groups excluding carboxylic acids is 2. The monoisotopic (exact) mass is 460 g/mol. The van der Waals surface area contributed by atoms with E-state index in [1.54, 1.807) is 54.6 Å². The zero-order valence-corrected chi connectivity index (χ0v) is 18.9. The minimum atomic E-state index is -0.600. The molecule has 1 heterocycles. The lowest BCUT2D eigenvalue weighted by atomic mass is 10.0. The summed E-state index contributed by atoms with van der Waals surface area (Å²) in [6.45, 7) is 4.42. The molecule has 174 valence electrons. The lowest BCUT2D eigenvalue weighted by molar-refractivity contribution is 0.0948. The van der Waals surface area contributed by atoms with Crippen molar-refractivity contribution in [2.24, 2.45) is 5.92 Å². The van der Waals surface area contributed by atoms with Gasteiger partial charge in [-0.2, -0.15) is 0 Å². The number of furan rings is 1. The van der Waals surface area contributed by atoms with Crippen LogP contribution >= 0.6 is 0 Å². The molecule has 0 bridgehead atoms. The van der Waals surface area contributed by atoms with E-state index in [1.807, 2.05) is 13.8 Å². The number of rotatable bonds is 7. The van der Waals surface area contributed by atoms with Crippen LogP contribution < -0.4 is 10.6 Å². The first kappa shape index (κ1) is 23.2. The van der Waals surface area contributed by atoms with Crippen molar-refractivity contribution in [3.63, 3.8) is 0 Å². The Morgan fingerprint density at radius 2 is 1.71 bits per heavy atom. The summed E-state index contributed by atoms with van der Waals surface area (Å²) in [4.78, 5) is 24.8. The molecule has 3 N–H and O–H groups in total. The highest BCUT2D eigenvalue weighted by atomic mass is 19.1. The number of aliphatic hydroxyl groups is 1. The van der Waals surface area contributed by atoms with Gasteiger partial charge in [0.25, 0.3) is 11.8 Å². The first-order chi connectivity index (χ1) is 16.4. The molecule has 7 heteroatoms. The molecule has 0 spiro atoms. The Balaban J connectivity index is 1.48. The van der Waals surface area contributed by atoms with Gasteiger partial charge in [-0.3, -0.25) is 9.59 Å². The number of para-hydroxylation sites is 1. The van der Waals surface area contributed by atoms with Crippen LogP contribution in [0.5, 0.6) is 0 Å². The summed E-state index contributed by atoms with van der Waals surface area (Å²) in [7, 11) is 0. The molecule has 2 amide bonds. The summed E-state index contributed by atoms with van der Waals surface area (Å²) in [5.41, 5.74) is 2.89. The van der Waals surface area contributed by atoms with Gasteiger partial charge in [-0.15, -0.1) is 0 Å². The van der Waals surface area contributed by atoms with Gasteiger partial charge in [-0.1, -0.05) is 50.2 Å². The lowest BCUT2D eigenvalue weighted by Gasteiger charge is -2.09. The van der Waals surface area contributed by atoms with Crippen molar-refractivity contribution in [2.45, 2.75) is 20.5 Å². The van der Waals surface area contributed by atoms with Crippen molar-refractivity contribution in [1.29, 1.82) is 0 Å². The predicted molar refractivity (Wildman–Crippen MR) is 129 cm³/mol. The zero-order chi connectivity index (χ0) is 24.2. The molecule has 6 nitrogen and oxygen atoms in total. The quantitative estimate of drug-likeness (QED) is 0.346. The van der Waals surface area contributed by atoms with Gasteiger partial charge in [0.15, 0.2) is 5.76 Å². The highest BCUT2D eigenvalue weighted by Crippen LogP contribution is 2.27. The van der Waals surface area contributed by atoms with Gasteiger partial charge in [0.1, 0.15) is 11.4 Å². The molecule has 4 rings (SSSR count). The number of halogens is 1. The summed E-state index contributed by atoms with van der Waals surface area (Å²) in [6.07, 6.45) is 0. The van der Waals surface area contributed by atoms with Gasteiger partial charge in [0.05, 0.1) is 12.3 Å². The second-order valence-electron chi connectivity index (χ2n) is 8.43. The van der Waals surface area contributed by atoms with Crippen molar-refractivity contribution in [1.82, 2.24) is 5.32 Å². The Bertz CT molecular complexity index is 1340. The zero-order valence-electron chi connectivity index (χ0n) is 18.9. The number of anilines is 1. The van der Waals surface area contributed by atoms with Crippen LogP contribution in [0.1, 0.15) is 40.3 Å². The molecule has 1 aromatic heterocycles. The number of aliphatic hydroxyl groups excluding tert-OH is 1. The molecular weight excluding hydrogens is 435 g/mol. The number of carbonyl (C=O) groups is 2. The second-order valence-corrected chi connectivity index (χ2v) is 8.43. The first-order valence-corrected chi connectivity index (χ1v) is 11.0. The maximum atomic E-state index is 14.8. The number of amides is 2. The number of hydrogen-bond donors (Lipinski definition) is 3. The Labute approximate surface area is 196 Å². The number of hydrogen-bond acceptors (Lipinski definition) is 4. The number of benzene rings is 3. The lowest BCUT2D eigenvalue weighted by Crippen LogP contribution is -2.27. The molecule has 0 unspecified atom stereocenters. The molecule has 0 aliphatic rings. The van der Waals surface area contributed by atoms with E-state index in [2.05, 4.69) is 10.6 Å². The van der Waals surface area contributed by atoms with Crippen LogP contribution in [0, 0.1) is 11.7 Å². The van der Waals surface area contributed by atoms with E-state index in [0.29, 0.717) is 40.1 Å². The molecule has 34 heavy (non-hydrogen) atoms. The molecule has 0 atom stereocenters. The molecular formula is C27H25FN2O4. The molecule has 0 fully saturated rings. The SMILES string of the molecule is CC(C)CNC(=O)c1ccc(-c2ccc(NC(=O)c3cc4cccc(CO)c4o3)c(F)c2)cc1. The van der Waals surface area contributed by atoms with Crippen molar-refractivity contribution in [2.75, 3.05) is 11.9 Å². The van der Waals surface area contributed by atoms with Gasteiger partial charge in [-0.05, 0) is 47.4 Å². The van der Waals surface area contributed by atoms with Gasteiger partial charge in [0, 0.05) is 23.1 Å². The van der Waals surface area contributed by atoms with Gasteiger partial charge < -0.3 is 20.2 Å². The van der Waals surface area contributed by atoms with E-state index in [4.69, 9.17) is 4.42 Å². The molecule has 0 aliphatic carbocycles. The summed E-state index contributed by atoms with van der Waals surface area (Å²) in [5.74, 6) is -0.970. The number of nitrogens with one attached hydrogen (secondary N) is 2. The fourth-order valence-corrected chi connectivity index (χ4v) is 3.55. The van der Waals surface area contributed by atoms with Crippen molar-refractivity contribution >= 4 is 28.5 Å². The van der Waals surface area contributed by atoms with Crippen molar-refractivity contribution in [3.05, 3.63) is 89.4 Å². The third-order valence-electron chi connectivity index (χ3n) is 5.39. The van der Waals surface area contributed by atoms with E-state index in [0.717, 1.165) is 5.56 Å². The summed E-state index contributed by atoms with van der Waals surface area (Å²) < 4.78 is 20.4. The van der Waals surface area contributed by atoms with E-state index in [-0.39, 0.29) is 24.0 Å². The molecule has 3 aromatic carbocycles. The van der Waals surface area contributed by atoms with E-state index >= 15 is 0 Å². The fourth-order valence-electron chi connectivity index (χ4n) is 3.55. The molecule has 4 aromatic rings. The molecule has 0 saturated heterocycles. The molecule has 0 radical (unpaired) electrons. The summed E-state index contributed by atoms with van der Waals surface area (Å²) >= 11 is 0. The van der Waals surface area contributed by atoms with E-state index < -0.39 is 11.7 Å². The summed E-state index contributed by atoms with van der Waals surface area (Å²) in [5, 5.41) is 15.5. The second kappa shape index (κ2) is 9.89. The predicted octanol–water partition coefficient (Wildman–Crippen LogP) is 5.37. The van der Waals surface area contributed by atoms with Crippen LogP contribution in [-0.2, 0) is 6.61 Å². The minimum Gasteiger partial charge on any atom is -0.451 e. The molecule has 0 saturated carbocycles. The maximum Gasteiger partial charge on any atom is 0.291 e. The van der Waals surface area contributed by atoms with Crippen molar-refractivity contribution < 1.29 is 23.5 Å². The molecule has 0 aliphatic heterocycles. The third-order valence-corrected chi connectivity index (χ3v) is 5.39. The Morgan fingerprint density at radius 3 is 2.38 bits per heavy atom. The van der Waals surface area contributed by atoms with E-state index in [1.165, 1.54) is 12.1 Å². The Hall–Kier alpha value is -3.97. The number of fused-ring (bicyclic) bond motifs is 1. The normalized spacial score (nSPS) is 11.1. The topological polar surface area (TPSA) is 91.6 Å². The smallest absolute Gasteiger partial charge is 0.291 e.